The molecule has 1 amide bonds. The Bertz CT molecular complexity index is 379. The van der Waals surface area contributed by atoms with Gasteiger partial charge in [0, 0.05) is 12.6 Å². The molecule has 7 heteroatoms. The highest BCUT2D eigenvalue weighted by molar-refractivity contribution is 5.83. The van der Waals surface area contributed by atoms with Crippen molar-refractivity contribution in [3.63, 3.8) is 0 Å². The van der Waals surface area contributed by atoms with E-state index in [1.165, 1.54) is 0 Å². The molecule has 0 aromatic heterocycles. The monoisotopic (exact) mass is 279 g/mol. The molecule has 108 valence electrons. The molecule has 0 aromatic rings. The molecule has 1 heterocycles. The molecule has 2 fully saturated rings. The molecule has 19 heavy (non-hydrogen) atoms. The van der Waals surface area contributed by atoms with E-state index in [0.29, 0.717) is 12.8 Å². The van der Waals surface area contributed by atoms with Crippen molar-refractivity contribution >= 4 is 11.9 Å². The van der Waals surface area contributed by atoms with Gasteiger partial charge in [-0.15, -0.1) is 0 Å². The quantitative estimate of drug-likeness (QED) is 0.841. The lowest BCUT2D eigenvalue weighted by Gasteiger charge is -2.45. The number of amides is 1. The summed E-state index contributed by atoms with van der Waals surface area (Å²) in [5.41, 5.74) is 0. The summed E-state index contributed by atoms with van der Waals surface area (Å²) in [6, 6.07) is -0.446. The number of carbonyl (C=O) groups excluding carboxylic acids is 1. The third-order valence-corrected chi connectivity index (χ3v) is 4.17. The Hall–Kier alpha value is -1.27. The normalized spacial score (nSPS) is 28.9. The molecule has 1 saturated heterocycles. The maximum absolute atomic E-state index is 12.6. The van der Waals surface area contributed by atoms with Crippen LogP contribution in [0.25, 0.3) is 0 Å². The van der Waals surface area contributed by atoms with Gasteiger partial charge in [0.2, 0.25) is 0 Å². The Morgan fingerprint density at radius 1 is 1.11 bits per heavy atom. The number of carbonyl (C=O) groups is 2. The number of alkyl halides is 3. The van der Waals surface area contributed by atoms with Crippen LogP contribution in [0.2, 0.25) is 0 Å². The van der Waals surface area contributed by atoms with Crippen molar-refractivity contribution in [2.24, 2.45) is 11.8 Å². The zero-order valence-corrected chi connectivity index (χ0v) is 10.3. The number of likely N-dealkylation sites (tertiary alicyclic amines) is 1. The molecule has 0 bridgehead atoms. The Balaban J connectivity index is 2.15. The lowest BCUT2D eigenvalue weighted by molar-refractivity contribution is -0.193. The molecule has 1 N–H and O–H groups in total. The van der Waals surface area contributed by atoms with Gasteiger partial charge in [0.05, 0.1) is 5.92 Å². The number of carboxylic acid groups (broad SMARTS) is 1. The van der Waals surface area contributed by atoms with Crippen molar-refractivity contribution in [2.75, 3.05) is 6.54 Å². The first-order valence-corrected chi connectivity index (χ1v) is 6.41. The molecule has 0 spiro atoms. The van der Waals surface area contributed by atoms with E-state index in [1.54, 1.807) is 0 Å². The van der Waals surface area contributed by atoms with E-state index in [1.807, 2.05) is 0 Å². The topological polar surface area (TPSA) is 57.6 Å². The summed E-state index contributed by atoms with van der Waals surface area (Å²) in [7, 11) is 0. The van der Waals surface area contributed by atoms with Crippen molar-refractivity contribution in [2.45, 2.75) is 44.3 Å². The van der Waals surface area contributed by atoms with Crippen LogP contribution in [0.15, 0.2) is 0 Å². The lowest BCUT2D eigenvalue weighted by atomic mass is 9.74. The third-order valence-electron chi connectivity index (χ3n) is 4.17. The maximum atomic E-state index is 12.6. The van der Waals surface area contributed by atoms with Gasteiger partial charge in [0.25, 0.3) is 0 Å². The SMILES string of the molecule is O=C(O)[C@H]1CC[C@H](C2CCC2)N(C(=O)C(F)(F)F)C1. The van der Waals surface area contributed by atoms with Crippen LogP contribution in [0.5, 0.6) is 0 Å². The van der Waals surface area contributed by atoms with Gasteiger partial charge in [-0.2, -0.15) is 13.2 Å². The van der Waals surface area contributed by atoms with Gasteiger partial charge in [-0.3, -0.25) is 9.59 Å². The standard InChI is InChI=1S/C12H16F3NO3/c13-12(14,15)11(19)16-6-8(10(17)18)4-5-9(16)7-2-1-3-7/h7-9H,1-6H2,(H,17,18)/t8-,9+/m0/s1. The average molecular weight is 279 g/mol. The Morgan fingerprint density at radius 3 is 2.16 bits per heavy atom. The fourth-order valence-electron chi connectivity index (χ4n) is 2.90. The highest BCUT2D eigenvalue weighted by Crippen LogP contribution is 2.39. The Kier molecular flexibility index (Phi) is 3.73. The van der Waals surface area contributed by atoms with Gasteiger partial charge in [-0.25, -0.2) is 0 Å². The largest absolute Gasteiger partial charge is 0.481 e. The van der Waals surface area contributed by atoms with Crippen molar-refractivity contribution in [3.8, 4) is 0 Å². The summed E-state index contributed by atoms with van der Waals surface area (Å²) >= 11 is 0. The second-order valence-electron chi connectivity index (χ2n) is 5.33. The van der Waals surface area contributed by atoms with Crippen LogP contribution in [0.3, 0.4) is 0 Å². The lowest BCUT2D eigenvalue weighted by Crippen LogP contribution is -2.56. The molecule has 1 aliphatic heterocycles. The van der Waals surface area contributed by atoms with Gasteiger partial charge in [0.1, 0.15) is 0 Å². The summed E-state index contributed by atoms with van der Waals surface area (Å²) in [6.07, 6.45) is -1.62. The molecule has 1 saturated carbocycles. The zero-order valence-electron chi connectivity index (χ0n) is 10.3. The van der Waals surface area contributed by atoms with E-state index in [0.717, 1.165) is 24.2 Å². The predicted molar refractivity (Wildman–Crippen MR) is 59.3 cm³/mol. The number of piperidine rings is 1. The summed E-state index contributed by atoms with van der Waals surface area (Å²) in [6.45, 7) is -0.325. The van der Waals surface area contributed by atoms with Crippen LogP contribution in [-0.2, 0) is 9.59 Å². The predicted octanol–water partition coefficient (Wildman–Crippen LogP) is 2.04. The van der Waals surface area contributed by atoms with Crippen molar-refractivity contribution in [1.29, 1.82) is 0 Å². The molecule has 0 aromatic carbocycles. The number of halogens is 3. The number of aliphatic carboxylic acids is 1. The van der Waals surface area contributed by atoms with Crippen LogP contribution in [0, 0.1) is 11.8 Å². The summed E-state index contributed by atoms with van der Waals surface area (Å²) in [5.74, 6) is -3.81. The van der Waals surface area contributed by atoms with Crippen molar-refractivity contribution < 1.29 is 27.9 Å². The first-order chi connectivity index (χ1) is 8.80. The minimum Gasteiger partial charge on any atom is -0.481 e. The molecule has 2 rings (SSSR count). The number of carboxylic acids is 1. The van der Waals surface area contributed by atoms with Crippen LogP contribution < -0.4 is 0 Å². The number of hydrogen-bond donors (Lipinski definition) is 1. The van der Waals surface area contributed by atoms with E-state index in [2.05, 4.69) is 0 Å². The molecule has 0 radical (unpaired) electrons. The minimum absolute atomic E-state index is 0.0982. The number of rotatable bonds is 2. The van der Waals surface area contributed by atoms with Crippen LogP contribution in [0.1, 0.15) is 32.1 Å². The molecule has 1 aliphatic carbocycles. The summed E-state index contributed by atoms with van der Waals surface area (Å²) < 4.78 is 37.7. The smallest absolute Gasteiger partial charge is 0.471 e. The van der Waals surface area contributed by atoms with Crippen LogP contribution >= 0.6 is 0 Å². The maximum Gasteiger partial charge on any atom is 0.471 e. The van der Waals surface area contributed by atoms with Gasteiger partial charge < -0.3 is 10.0 Å². The second-order valence-corrected chi connectivity index (χ2v) is 5.33. The summed E-state index contributed by atoms with van der Waals surface area (Å²) in [4.78, 5) is 23.1. The van der Waals surface area contributed by atoms with Gasteiger partial charge in [-0.1, -0.05) is 6.42 Å². The van der Waals surface area contributed by atoms with Gasteiger partial charge in [0.15, 0.2) is 0 Å². The molecular weight excluding hydrogens is 263 g/mol. The highest BCUT2D eigenvalue weighted by atomic mass is 19.4. The average Bonchev–Trinajstić information content (AvgIpc) is 2.24. The van der Waals surface area contributed by atoms with Crippen molar-refractivity contribution in [1.82, 2.24) is 4.90 Å². The molecule has 2 aliphatic rings. The molecule has 2 atom stereocenters. The fraction of sp³-hybridized carbons (Fsp3) is 0.833. The minimum atomic E-state index is -4.93. The summed E-state index contributed by atoms with van der Waals surface area (Å²) in [5, 5.41) is 8.92. The van der Waals surface area contributed by atoms with E-state index < -0.39 is 30.0 Å². The van der Waals surface area contributed by atoms with E-state index in [9.17, 15) is 22.8 Å². The number of hydrogen-bond acceptors (Lipinski definition) is 2. The van der Waals surface area contributed by atoms with E-state index in [4.69, 9.17) is 5.11 Å². The third kappa shape index (κ3) is 2.84. The highest BCUT2D eigenvalue weighted by Gasteiger charge is 2.49. The first-order valence-electron chi connectivity index (χ1n) is 6.41. The first kappa shape index (κ1) is 14.1. The van der Waals surface area contributed by atoms with Crippen molar-refractivity contribution in [3.05, 3.63) is 0 Å². The Morgan fingerprint density at radius 2 is 1.74 bits per heavy atom. The van der Waals surface area contributed by atoms with E-state index >= 15 is 0 Å². The van der Waals surface area contributed by atoms with Gasteiger partial charge >= 0.3 is 18.1 Å². The molecular formula is C12H16F3NO3. The fourth-order valence-corrected chi connectivity index (χ4v) is 2.90. The van der Waals surface area contributed by atoms with Crippen LogP contribution in [-0.4, -0.2) is 40.6 Å². The zero-order chi connectivity index (χ0) is 14.2. The van der Waals surface area contributed by atoms with Gasteiger partial charge in [-0.05, 0) is 31.6 Å². The second kappa shape index (κ2) is 5.02. The van der Waals surface area contributed by atoms with E-state index in [-0.39, 0.29) is 12.5 Å². The Labute approximate surface area is 108 Å². The van der Waals surface area contributed by atoms with Crippen LogP contribution in [0.4, 0.5) is 13.2 Å². The number of nitrogens with zero attached hydrogens (tertiary/aromatic N) is 1. The molecule has 4 nitrogen and oxygen atoms in total. The molecule has 0 unspecified atom stereocenters.